The lowest BCUT2D eigenvalue weighted by molar-refractivity contribution is -0.113. The highest BCUT2D eigenvalue weighted by atomic mass is 32.2. The van der Waals surface area contributed by atoms with Crippen LogP contribution in [0.2, 0.25) is 0 Å². The number of rotatable bonds is 8. The summed E-state index contributed by atoms with van der Waals surface area (Å²) in [4.78, 5) is 20.3. The number of nitrogens with zero attached hydrogens (tertiary/aromatic N) is 2. The van der Waals surface area contributed by atoms with Crippen molar-refractivity contribution in [1.82, 2.24) is 9.97 Å². The largest absolute Gasteiger partial charge is 0.495 e. The van der Waals surface area contributed by atoms with Crippen LogP contribution in [-0.4, -0.2) is 37.2 Å². The number of methoxy groups -OCH3 is 1. The molecule has 1 amide bonds. The number of hydrogen-bond acceptors (Lipinski definition) is 9. The first-order chi connectivity index (χ1) is 18.1. The molecule has 2 aromatic heterocycles. The molecule has 0 bridgehead atoms. The Hall–Kier alpha value is -3.82. The van der Waals surface area contributed by atoms with Crippen LogP contribution in [0.4, 0.5) is 24.0 Å². The van der Waals surface area contributed by atoms with Gasteiger partial charge in [-0.25, -0.2) is 31.6 Å². The van der Waals surface area contributed by atoms with Crippen molar-refractivity contribution in [2.75, 3.05) is 22.9 Å². The number of carbonyl (C=O) groups excluding carboxylic acids is 1. The SMILES string of the molecule is COc1ccccc1NS(=O)(=O)c1ccc2oc(SCC(=O)Nc3nc4c(F)c(F)c(F)cc4s3)nc2c1. The zero-order chi connectivity index (χ0) is 27.0. The number of thiazole rings is 1. The molecule has 5 rings (SSSR count). The fourth-order valence-electron chi connectivity index (χ4n) is 3.36. The van der Waals surface area contributed by atoms with Crippen LogP contribution >= 0.6 is 23.1 Å². The van der Waals surface area contributed by atoms with E-state index in [1.54, 1.807) is 24.3 Å². The molecule has 2 N–H and O–H groups in total. The number of aromatic nitrogens is 2. The summed E-state index contributed by atoms with van der Waals surface area (Å²) in [6.45, 7) is 0. The van der Waals surface area contributed by atoms with Crippen molar-refractivity contribution in [1.29, 1.82) is 0 Å². The zero-order valence-electron chi connectivity index (χ0n) is 19.1. The number of nitrogens with one attached hydrogen (secondary N) is 2. The summed E-state index contributed by atoms with van der Waals surface area (Å²) in [5.41, 5.74) is 0.432. The molecule has 0 unspecified atom stereocenters. The number of thioether (sulfide) groups is 1. The maximum absolute atomic E-state index is 13.9. The molecular weight excluding hydrogens is 565 g/mol. The molecule has 9 nitrogen and oxygen atoms in total. The highest BCUT2D eigenvalue weighted by Crippen LogP contribution is 2.32. The van der Waals surface area contributed by atoms with E-state index in [4.69, 9.17) is 9.15 Å². The zero-order valence-corrected chi connectivity index (χ0v) is 21.6. The molecule has 38 heavy (non-hydrogen) atoms. The van der Waals surface area contributed by atoms with E-state index in [0.717, 1.165) is 29.2 Å². The van der Waals surface area contributed by atoms with Gasteiger partial charge in [0.1, 0.15) is 16.8 Å². The quantitative estimate of drug-likeness (QED) is 0.185. The van der Waals surface area contributed by atoms with Crippen molar-refractivity contribution < 1.29 is 35.5 Å². The van der Waals surface area contributed by atoms with Gasteiger partial charge in [0.25, 0.3) is 15.2 Å². The maximum atomic E-state index is 13.9. The molecule has 0 fully saturated rings. The molecule has 3 aromatic carbocycles. The Morgan fingerprint density at radius 2 is 1.89 bits per heavy atom. The summed E-state index contributed by atoms with van der Waals surface area (Å²) in [6, 6.07) is 11.5. The first kappa shape index (κ1) is 25.8. The van der Waals surface area contributed by atoms with E-state index in [-0.39, 0.29) is 42.4 Å². The Balaban J connectivity index is 1.27. The number of hydrogen-bond donors (Lipinski definition) is 2. The highest BCUT2D eigenvalue weighted by Gasteiger charge is 2.20. The number of oxazole rings is 1. The molecule has 2 heterocycles. The van der Waals surface area contributed by atoms with Gasteiger partial charge in [-0.15, -0.1) is 0 Å². The Morgan fingerprint density at radius 1 is 1.11 bits per heavy atom. The van der Waals surface area contributed by atoms with Crippen molar-refractivity contribution in [3.05, 3.63) is 66.0 Å². The molecule has 15 heteroatoms. The van der Waals surface area contributed by atoms with Gasteiger partial charge in [-0.3, -0.25) is 9.52 Å². The minimum atomic E-state index is -3.97. The molecule has 0 saturated heterocycles. The van der Waals surface area contributed by atoms with Gasteiger partial charge in [0.15, 0.2) is 28.2 Å². The van der Waals surface area contributed by atoms with Crippen LogP contribution in [0.5, 0.6) is 5.75 Å². The predicted molar refractivity (Wildman–Crippen MR) is 137 cm³/mol. The Morgan fingerprint density at radius 3 is 2.68 bits per heavy atom. The lowest BCUT2D eigenvalue weighted by Crippen LogP contribution is -2.13. The number of para-hydroxylation sites is 2. The van der Waals surface area contributed by atoms with E-state index < -0.39 is 33.4 Å². The van der Waals surface area contributed by atoms with Crippen LogP contribution in [0, 0.1) is 17.5 Å². The monoisotopic (exact) mass is 580 g/mol. The summed E-state index contributed by atoms with van der Waals surface area (Å²) in [7, 11) is -2.54. The number of fused-ring (bicyclic) bond motifs is 2. The number of anilines is 2. The van der Waals surface area contributed by atoms with Crippen LogP contribution < -0.4 is 14.8 Å². The lowest BCUT2D eigenvalue weighted by atomic mass is 10.3. The normalized spacial score (nSPS) is 11.7. The van der Waals surface area contributed by atoms with Crippen molar-refractivity contribution in [2.45, 2.75) is 10.1 Å². The summed E-state index contributed by atoms with van der Waals surface area (Å²) >= 11 is 1.71. The van der Waals surface area contributed by atoms with Gasteiger partial charge in [-0.1, -0.05) is 35.2 Å². The van der Waals surface area contributed by atoms with Crippen LogP contribution in [0.25, 0.3) is 21.3 Å². The van der Waals surface area contributed by atoms with Gasteiger partial charge in [-0.05, 0) is 36.4 Å². The van der Waals surface area contributed by atoms with E-state index >= 15 is 0 Å². The molecular formula is C23H15F3N4O5S3. The molecule has 0 aliphatic heterocycles. The van der Waals surface area contributed by atoms with Crippen LogP contribution in [0.3, 0.4) is 0 Å². The van der Waals surface area contributed by atoms with E-state index in [9.17, 15) is 26.4 Å². The Bertz CT molecular complexity index is 1810. The second-order valence-electron chi connectivity index (χ2n) is 7.60. The fourth-order valence-corrected chi connectivity index (χ4v) is 5.99. The molecule has 0 aliphatic carbocycles. The third kappa shape index (κ3) is 5.12. The highest BCUT2D eigenvalue weighted by molar-refractivity contribution is 7.99. The summed E-state index contributed by atoms with van der Waals surface area (Å²) < 4.78 is 79.7. The molecule has 196 valence electrons. The van der Waals surface area contributed by atoms with Crippen molar-refractivity contribution in [3.63, 3.8) is 0 Å². The third-order valence-corrected chi connectivity index (χ3v) is 8.20. The van der Waals surface area contributed by atoms with Crippen molar-refractivity contribution >= 4 is 71.2 Å². The summed E-state index contributed by atoms with van der Waals surface area (Å²) in [5.74, 6) is -4.81. The topological polar surface area (TPSA) is 123 Å². The van der Waals surface area contributed by atoms with Crippen LogP contribution in [0.15, 0.2) is 63.1 Å². The second-order valence-corrected chi connectivity index (χ2v) is 11.2. The molecule has 0 radical (unpaired) electrons. The average molecular weight is 581 g/mol. The summed E-state index contributed by atoms with van der Waals surface area (Å²) in [5, 5.41) is 2.49. The number of amides is 1. The van der Waals surface area contributed by atoms with Gasteiger partial charge >= 0.3 is 0 Å². The second kappa shape index (κ2) is 10.2. The molecule has 0 spiro atoms. The van der Waals surface area contributed by atoms with E-state index in [1.165, 1.54) is 25.3 Å². The Labute approximate surface area is 221 Å². The lowest BCUT2D eigenvalue weighted by Gasteiger charge is -2.11. The van der Waals surface area contributed by atoms with Gasteiger partial charge in [-0.2, -0.15) is 0 Å². The molecule has 0 aliphatic rings. The maximum Gasteiger partial charge on any atom is 0.262 e. The number of halogens is 3. The van der Waals surface area contributed by atoms with Gasteiger partial charge in [0.2, 0.25) is 5.91 Å². The van der Waals surface area contributed by atoms with Crippen molar-refractivity contribution in [2.24, 2.45) is 0 Å². The fraction of sp³-hybridized carbons (Fsp3) is 0.0870. The van der Waals surface area contributed by atoms with E-state index in [0.29, 0.717) is 11.3 Å². The minimum absolute atomic E-state index is 0.0364. The molecule has 0 saturated carbocycles. The van der Waals surface area contributed by atoms with Gasteiger partial charge < -0.3 is 14.5 Å². The number of ether oxygens (including phenoxy) is 1. The molecule has 5 aromatic rings. The smallest absolute Gasteiger partial charge is 0.262 e. The number of benzene rings is 3. The molecule has 0 atom stereocenters. The first-order valence-corrected chi connectivity index (χ1v) is 13.9. The van der Waals surface area contributed by atoms with E-state index in [2.05, 4.69) is 20.0 Å². The van der Waals surface area contributed by atoms with Crippen molar-refractivity contribution in [3.8, 4) is 5.75 Å². The third-order valence-electron chi connectivity index (χ3n) is 5.10. The van der Waals surface area contributed by atoms with E-state index in [1.807, 2.05) is 0 Å². The van der Waals surface area contributed by atoms with Crippen LogP contribution in [0.1, 0.15) is 0 Å². The Kier molecular flexibility index (Phi) is 6.90. The summed E-state index contributed by atoms with van der Waals surface area (Å²) in [6.07, 6.45) is 0. The predicted octanol–water partition coefficient (Wildman–Crippen LogP) is 5.40. The van der Waals surface area contributed by atoms with Crippen LogP contribution in [-0.2, 0) is 14.8 Å². The first-order valence-electron chi connectivity index (χ1n) is 10.6. The van der Waals surface area contributed by atoms with Gasteiger partial charge in [0, 0.05) is 0 Å². The standard InChI is InChI=1S/C23H15F3N4O5S3/c1-34-15-5-3-2-4-13(15)30-38(32,33)11-6-7-16-14(8-11)27-23(35-16)36-10-18(31)28-22-29-21-17(37-22)9-12(24)19(25)20(21)26/h2-9,30H,10H2,1H3,(H,28,29,31). The number of sulfonamides is 1. The number of carbonyl (C=O) groups is 1. The average Bonchev–Trinajstić information content (AvgIpc) is 3.49. The van der Waals surface area contributed by atoms with Gasteiger partial charge in [0.05, 0.1) is 28.1 Å². The minimum Gasteiger partial charge on any atom is -0.495 e.